The maximum atomic E-state index is 12.1. The lowest BCUT2D eigenvalue weighted by atomic mass is 9.94. The summed E-state index contributed by atoms with van der Waals surface area (Å²) in [6.07, 6.45) is 3.07. The van der Waals surface area contributed by atoms with E-state index in [1.165, 1.54) is 5.56 Å². The van der Waals surface area contributed by atoms with Crippen molar-refractivity contribution in [2.24, 2.45) is 0 Å². The Kier molecular flexibility index (Phi) is 5.05. The molecule has 0 spiro atoms. The molecule has 0 N–H and O–H groups in total. The fourth-order valence-electron chi connectivity index (χ4n) is 2.69. The first kappa shape index (κ1) is 15.3. The summed E-state index contributed by atoms with van der Waals surface area (Å²) in [6.45, 7) is 2.97. The van der Waals surface area contributed by atoms with Crippen molar-refractivity contribution in [3.63, 3.8) is 0 Å². The van der Waals surface area contributed by atoms with Crippen molar-refractivity contribution in [1.82, 2.24) is 4.31 Å². The Morgan fingerprint density at radius 3 is 2.55 bits per heavy atom. The van der Waals surface area contributed by atoms with Crippen molar-refractivity contribution in [3.8, 4) is 5.75 Å². The molecule has 1 fully saturated rings. The Morgan fingerprint density at radius 1 is 1.25 bits per heavy atom. The fraction of sp³-hybridized carbons (Fsp3) is 0.600. The van der Waals surface area contributed by atoms with Crippen molar-refractivity contribution < 1.29 is 13.2 Å². The predicted octanol–water partition coefficient (Wildman–Crippen LogP) is 2.61. The third-order valence-corrected chi connectivity index (χ3v) is 5.83. The van der Waals surface area contributed by atoms with Gasteiger partial charge in [0.1, 0.15) is 5.75 Å². The molecule has 112 valence electrons. The van der Waals surface area contributed by atoms with Crippen molar-refractivity contribution >= 4 is 10.0 Å². The number of hydrogen-bond donors (Lipinski definition) is 0. The summed E-state index contributed by atoms with van der Waals surface area (Å²) < 4.78 is 31.0. The Labute approximate surface area is 121 Å². The molecule has 1 aromatic carbocycles. The molecule has 0 bridgehead atoms. The normalized spacial score (nSPS) is 21.4. The summed E-state index contributed by atoms with van der Waals surface area (Å²) in [5.41, 5.74) is 1.20. The van der Waals surface area contributed by atoms with Gasteiger partial charge >= 0.3 is 0 Å². The fourth-order valence-corrected chi connectivity index (χ4v) is 3.87. The molecular weight excluding hydrogens is 274 g/mol. The van der Waals surface area contributed by atoms with Crippen molar-refractivity contribution in [2.45, 2.75) is 32.1 Å². The van der Waals surface area contributed by atoms with Crippen LogP contribution in [-0.2, 0) is 10.0 Å². The first-order valence-electron chi connectivity index (χ1n) is 7.18. The third-order valence-electron chi connectivity index (χ3n) is 3.98. The molecule has 1 aliphatic rings. The molecular formula is C15H23NO3S. The molecule has 2 rings (SSSR count). The van der Waals surface area contributed by atoms with Gasteiger partial charge in [0, 0.05) is 13.1 Å². The highest BCUT2D eigenvalue weighted by Gasteiger charge is 2.26. The number of nitrogens with zero attached hydrogens (tertiary/aromatic N) is 1. The zero-order valence-corrected chi connectivity index (χ0v) is 13.0. The summed E-state index contributed by atoms with van der Waals surface area (Å²) in [5.74, 6) is 1.30. The molecule has 4 nitrogen and oxygen atoms in total. The highest BCUT2D eigenvalue weighted by Crippen LogP contribution is 2.29. The lowest BCUT2D eigenvalue weighted by molar-refractivity contribution is 0.405. The van der Waals surface area contributed by atoms with Gasteiger partial charge in [-0.3, -0.25) is 0 Å². The van der Waals surface area contributed by atoms with Crippen molar-refractivity contribution in [2.75, 3.05) is 26.0 Å². The Hall–Kier alpha value is -1.07. The van der Waals surface area contributed by atoms with Crippen LogP contribution in [0.3, 0.4) is 0 Å². The van der Waals surface area contributed by atoms with Gasteiger partial charge in [0.15, 0.2) is 0 Å². The van der Waals surface area contributed by atoms with Gasteiger partial charge in [-0.15, -0.1) is 0 Å². The van der Waals surface area contributed by atoms with E-state index >= 15 is 0 Å². The Balaban J connectivity index is 2.17. The van der Waals surface area contributed by atoms with E-state index in [0.717, 1.165) is 25.0 Å². The standard InChI is InChI=1S/C15H23NO3S/c1-3-20(17,18)16-11-5-4-6-14(12-16)13-7-9-15(19-2)10-8-13/h7-10,14H,3-6,11-12H2,1-2H3. The molecule has 20 heavy (non-hydrogen) atoms. The molecule has 0 aromatic heterocycles. The van der Waals surface area contributed by atoms with Gasteiger partial charge in [0.2, 0.25) is 10.0 Å². The van der Waals surface area contributed by atoms with E-state index < -0.39 is 10.0 Å². The van der Waals surface area contributed by atoms with Crippen LogP contribution in [0.4, 0.5) is 0 Å². The average Bonchev–Trinajstić information content (AvgIpc) is 2.74. The van der Waals surface area contributed by atoms with Crippen LogP contribution in [0.2, 0.25) is 0 Å². The number of methoxy groups -OCH3 is 1. The topological polar surface area (TPSA) is 46.6 Å². The molecule has 0 radical (unpaired) electrons. The maximum absolute atomic E-state index is 12.1. The van der Waals surface area contributed by atoms with E-state index in [2.05, 4.69) is 0 Å². The quantitative estimate of drug-likeness (QED) is 0.858. The molecule has 1 aromatic rings. The predicted molar refractivity (Wildman–Crippen MR) is 80.6 cm³/mol. The van der Waals surface area contributed by atoms with Crippen LogP contribution >= 0.6 is 0 Å². The minimum atomic E-state index is -3.09. The lowest BCUT2D eigenvalue weighted by Crippen LogP contribution is -2.35. The van der Waals surface area contributed by atoms with Gasteiger partial charge in [-0.1, -0.05) is 18.6 Å². The van der Waals surface area contributed by atoms with Gasteiger partial charge in [0.25, 0.3) is 0 Å². The summed E-state index contributed by atoms with van der Waals surface area (Å²) in [6, 6.07) is 7.98. The first-order chi connectivity index (χ1) is 9.56. The van der Waals surface area contributed by atoms with Gasteiger partial charge in [-0.2, -0.15) is 0 Å². The number of sulfonamides is 1. The molecule has 5 heteroatoms. The Morgan fingerprint density at radius 2 is 1.95 bits per heavy atom. The van der Waals surface area contributed by atoms with Gasteiger partial charge in [-0.05, 0) is 43.4 Å². The number of benzene rings is 1. The highest BCUT2D eigenvalue weighted by atomic mass is 32.2. The average molecular weight is 297 g/mol. The lowest BCUT2D eigenvalue weighted by Gasteiger charge is -2.23. The Bertz CT molecular complexity index is 525. The molecule has 0 saturated carbocycles. The second-order valence-corrected chi connectivity index (χ2v) is 7.48. The number of rotatable bonds is 4. The zero-order chi connectivity index (χ0) is 14.6. The van der Waals surface area contributed by atoms with Crippen LogP contribution in [0.1, 0.15) is 37.7 Å². The van der Waals surface area contributed by atoms with Gasteiger partial charge < -0.3 is 4.74 Å². The smallest absolute Gasteiger partial charge is 0.213 e. The molecule has 0 amide bonds. The van der Waals surface area contributed by atoms with Crippen LogP contribution < -0.4 is 4.74 Å². The van der Waals surface area contributed by atoms with Crippen LogP contribution in [0.15, 0.2) is 24.3 Å². The van der Waals surface area contributed by atoms with E-state index in [-0.39, 0.29) is 11.7 Å². The van der Waals surface area contributed by atoms with Crippen LogP contribution in [-0.4, -0.2) is 38.7 Å². The minimum Gasteiger partial charge on any atom is -0.497 e. The SMILES string of the molecule is CCS(=O)(=O)N1CCCCC(c2ccc(OC)cc2)C1. The maximum Gasteiger partial charge on any atom is 0.213 e. The van der Waals surface area contributed by atoms with Crippen molar-refractivity contribution in [1.29, 1.82) is 0 Å². The van der Waals surface area contributed by atoms with Crippen LogP contribution in [0.25, 0.3) is 0 Å². The molecule has 0 aliphatic carbocycles. The van der Waals surface area contributed by atoms with E-state index in [1.54, 1.807) is 18.3 Å². The monoisotopic (exact) mass is 297 g/mol. The van der Waals surface area contributed by atoms with Crippen LogP contribution in [0.5, 0.6) is 5.75 Å². The number of hydrogen-bond acceptors (Lipinski definition) is 3. The summed E-state index contributed by atoms with van der Waals surface area (Å²) in [5, 5.41) is 0. The molecule has 1 heterocycles. The molecule has 1 atom stereocenters. The van der Waals surface area contributed by atoms with E-state index in [9.17, 15) is 8.42 Å². The minimum absolute atomic E-state index is 0.183. The van der Waals surface area contributed by atoms with Crippen molar-refractivity contribution in [3.05, 3.63) is 29.8 Å². The summed E-state index contributed by atoms with van der Waals surface area (Å²) in [4.78, 5) is 0. The summed E-state index contributed by atoms with van der Waals surface area (Å²) in [7, 11) is -1.44. The van der Waals surface area contributed by atoms with E-state index in [1.807, 2.05) is 24.3 Å². The van der Waals surface area contributed by atoms with E-state index in [4.69, 9.17) is 4.74 Å². The molecule has 1 saturated heterocycles. The number of ether oxygens (including phenoxy) is 1. The summed E-state index contributed by atoms with van der Waals surface area (Å²) >= 11 is 0. The van der Waals surface area contributed by atoms with Gasteiger partial charge in [0.05, 0.1) is 12.9 Å². The second kappa shape index (κ2) is 6.59. The van der Waals surface area contributed by atoms with E-state index in [0.29, 0.717) is 13.1 Å². The molecule has 1 unspecified atom stereocenters. The zero-order valence-electron chi connectivity index (χ0n) is 12.2. The largest absolute Gasteiger partial charge is 0.497 e. The second-order valence-electron chi connectivity index (χ2n) is 5.22. The van der Waals surface area contributed by atoms with Crippen LogP contribution in [0, 0.1) is 0 Å². The third kappa shape index (κ3) is 3.52. The molecule has 1 aliphatic heterocycles. The van der Waals surface area contributed by atoms with Gasteiger partial charge in [-0.25, -0.2) is 12.7 Å². The highest BCUT2D eigenvalue weighted by molar-refractivity contribution is 7.89. The first-order valence-corrected chi connectivity index (χ1v) is 8.79.